The highest BCUT2D eigenvalue weighted by Crippen LogP contribution is 2.31. The van der Waals surface area contributed by atoms with Gasteiger partial charge in [-0.25, -0.2) is 4.79 Å². The van der Waals surface area contributed by atoms with Crippen LogP contribution >= 0.6 is 11.6 Å². The van der Waals surface area contributed by atoms with Crippen molar-refractivity contribution >= 4 is 34.4 Å². The quantitative estimate of drug-likeness (QED) is 0.334. The SMILES string of the molecule is COc1cc(C=CC(=O)Oc2ccc(Cl)c3ccccc23)ccc1OCC#N. The average Bonchev–Trinajstić information content (AvgIpc) is 2.73. The monoisotopic (exact) mass is 393 g/mol. The number of nitrogens with zero attached hydrogens (tertiary/aromatic N) is 1. The van der Waals surface area contributed by atoms with E-state index in [1.54, 1.807) is 36.4 Å². The number of benzene rings is 3. The maximum absolute atomic E-state index is 12.2. The highest BCUT2D eigenvalue weighted by molar-refractivity contribution is 6.35. The molecule has 0 aromatic heterocycles. The molecular formula is C22H16ClNO4. The summed E-state index contributed by atoms with van der Waals surface area (Å²) >= 11 is 6.19. The molecule has 3 aromatic carbocycles. The second-order valence-corrected chi connectivity index (χ2v) is 6.11. The molecule has 0 aliphatic carbocycles. The van der Waals surface area contributed by atoms with E-state index in [-0.39, 0.29) is 6.61 Å². The molecule has 0 unspecified atom stereocenters. The minimum absolute atomic E-state index is 0.0765. The van der Waals surface area contributed by atoms with Gasteiger partial charge in [-0.2, -0.15) is 5.26 Å². The molecule has 0 radical (unpaired) electrons. The highest BCUT2D eigenvalue weighted by atomic mass is 35.5. The van der Waals surface area contributed by atoms with Crippen LogP contribution < -0.4 is 14.2 Å². The van der Waals surface area contributed by atoms with Gasteiger partial charge in [0.25, 0.3) is 0 Å². The standard InChI is InChI=1S/C22H16ClNO4/c1-26-21-14-15(6-9-20(21)27-13-12-24)7-11-22(25)28-19-10-8-18(23)16-4-2-3-5-17(16)19/h2-11,14H,13H2,1H3. The molecule has 0 aliphatic heterocycles. The van der Waals surface area contributed by atoms with E-state index < -0.39 is 5.97 Å². The van der Waals surface area contributed by atoms with Gasteiger partial charge in [0.2, 0.25) is 0 Å². The fraction of sp³-hybridized carbons (Fsp3) is 0.0909. The third-order valence-electron chi connectivity index (χ3n) is 3.93. The van der Waals surface area contributed by atoms with Crippen molar-refractivity contribution in [2.75, 3.05) is 13.7 Å². The molecule has 0 saturated heterocycles. The molecule has 5 nitrogen and oxygen atoms in total. The van der Waals surface area contributed by atoms with Gasteiger partial charge in [0.1, 0.15) is 11.8 Å². The van der Waals surface area contributed by atoms with Gasteiger partial charge in [-0.3, -0.25) is 0 Å². The van der Waals surface area contributed by atoms with E-state index in [2.05, 4.69) is 0 Å². The maximum Gasteiger partial charge on any atom is 0.336 e. The second-order valence-electron chi connectivity index (χ2n) is 5.70. The molecule has 6 heteroatoms. The van der Waals surface area contributed by atoms with Gasteiger partial charge < -0.3 is 14.2 Å². The van der Waals surface area contributed by atoms with Crippen LogP contribution in [0.2, 0.25) is 5.02 Å². The summed E-state index contributed by atoms with van der Waals surface area (Å²) in [5.41, 5.74) is 0.721. The van der Waals surface area contributed by atoms with Crippen LogP contribution in [-0.4, -0.2) is 19.7 Å². The van der Waals surface area contributed by atoms with Crippen LogP contribution in [-0.2, 0) is 4.79 Å². The van der Waals surface area contributed by atoms with E-state index in [0.717, 1.165) is 16.3 Å². The largest absolute Gasteiger partial charge is 0.493 e. The summed E-state index contributed by atoms with van der Waals surface area (Å²) in [5.74, 6) is 0.842. The van der Waals surface area contributed by atoms with E-state index >= 15 is 0 Å². The topological polar surface area (TPSA) is 68.6 Å². The predicted octanol–water partition coefficient (Wildman–Crippen LogP) is 5.02. The minimum atomic E-state index is -0.517. The summed E-state index contributed by atoms with van der Waals surface area (Å²) in [6, 6.07) is 17.8. The number of nitriles is 1. The van der Waals surface area contributed by atoms with Gasteiger partial charge in [0.15, 0.2) is 18.1 Å². The number of carbonyl (C=O) groups is 1. The molecule has 0 bridgehead atoms. The van der Waals surface area contributed by atoms with Gasteiger partial charge in [0, 0.05) is 21.9 Å². The Morgan fingerprint density at radius 2 is 1.82 bits per heavy atom. The second kappa shape index (κ2) is 8.94. The van der Waals surface area contributed by atoms with Gasteiger partial charge in [0.05, 0.1) is 7.11 Å². The molecule has 0 saturated carbocycles. The number of rotatable bonds is 6. The smallest absolute Gasteiger partial charge is 0.336 e. The Hall–Kier alpha value is -3.49. The number of hydrogen-bond acceptors (Lipinski definition) is 5. The molecule has 0 atom stereocenters. The lowest BCUT2D eigenvalue weighted by Gasteiger charge is -2.09. The molecule has 0 spiro atoms. The van der Waals surface area contributed by atoms with Crippen LogP contribution in [0.15, 0.2) is 60.7 Å². The lowest BCUT2D eigenvalue weighted by Crippen LogP contribution is -2.04. The molecule has 140 valence electrons. The maximum atomic E-state index is 12.2. The van der Waals surface area contributed by atoms with Crippen molar-refractivity contribution in [2.45, 2.75) is 0 Å². The first-order valence-electron chi connectivity index (χ1n) is 8.37. The zero-order valence-electron chi connectivity index (χ0n) is 15.0. The summed E-state index contributed by atoms with van der Waals surface area (Å²) in [7, 11) is 1.50. The molecular weight excluding hydrogens is 378 g/mol. The number of methoxy groups -OCH3 is 1. The van der Waals surface area contributed by atoms with E-state index in [1.807, 2.05) is 30.3 Å². The third kappa shape index (κ3) is 4.43. The van der Waals surface area contributed by atoms with Crippen LogP contribution in [0.25, 0.3) is 16.8 Å². The summed E-state index contributed by atoms with van der Waals surface area (Å²) in [6.07, 6.45) is 2.94. The lowest BCUT2D eigenvalue weighted by molar-refractivity contribution is -0.128. The number of ether oxygens (including phenoxy) is 3. The van der Waals surface area contributed by atoms with E-state index in [0.29, 0.717) is 22.3 Å². The Balaban J connectivity index is 1.76. The Bertz CT molecular complexity index is 1090. The van der Waals surface area contributed by atoms with Crippen LogP contribution in [0.1, 0.15) is 5.56 Å². The average molecular weight is 394 g/mol. The number of esters is 1. The number of halogens is 1. The lowest BCUT2D eigenvalue weighted by atomic mass is 10.1. The highest BCUT2D eigenvalue weighted by Gasteiger charge is 2.09. The first kappa shape index (κ1) is 19.3. The number of fused-ring (bicyclic) bond motifs is 1. The minimum Gasteiger partial charge on any atom is -0.493 e. The van der Waals surface area contributed by atoms with Crippen molar-refractivity contribution in [1.29, 1.82) is 5.26 Å². The Morgan fingerprint density at radius 1 is 1.07 bits per heavy atom. The molecule has 0 N–H and O–H groups in total. The Kier molecular flexibility index (Phi) is 6.15. The normalized spacial score (nSPS) is 10.6. The van der Waals surface area contributed by atoms with Gasteiger partial charge in [-0.15, -0.1) is 0 Å². The first-order valence-corrected chi connectivity index (χ1v) is 8.75. The molecule has 0 heterocycles. The van der Waals surface area contributed by atoms with Gasteiger partial charge in [-0.1, -0.05) is 41.9 Å². The molecule has 3 rings (SSSR count). The summed E-state index contributed by atoms with van der Waals surface area (Å²) in [6.45, 7) is -0.0765. The van der Waals surface area contributed by atoms with Crippen LogP contribution in [0.5, 0.6) is 17.2 Å². The molecule has 0 aliphatic rings. The Labute approximate surface area is 167 Å². The Morgan fingerprint density at radius 3 is 2.57 bits per heavy atom. The van der Waals surface area contributed by atoms with Crippen molar-refractivity contribution in [3.05, 3.63) is 71.3 Å². The van der Waals surface area contributed by atoms with E-state index in [9.17, 15) is 4.79 Å². The van der Waals surface area contributed by atoms with Crippen molar-refractivity contribution < 1.29 is 19.0 Å². The van der Waals surface area contributed by atoms with Gasteiger partial charge >= 0.3 is 5.97 Å². The summed E-state index contributed by atoms with van der Waals surface area (Å²) in [4.78, 5) is 12.2. The van der Waals surface area contributed by atoms with Crippen molar-refractivity contribution in [2.24, 2.45) is 0 Å². The van der Waals surface area contributed by atoms with E-state index in [4.69, 9.17) is 31.1 Å². The molecule has 0 amide bonds. The molecule has 3 aromatic rings. The third-order valence-corrected chi connectivity index (χ3v) is 4.26. The van der Waals surface area contributed by atoms with Crippen molar-refractivity contribution in [3.8, 4) is 23.3 Å². The van der Waals surface area contributed by atoms with Crippen LogP contribution in [0.4, 0.5) is 0 Å². The van der Waals surface area contributed by atoms with Crippen molar-refractivity contribution in [1.82, 2.24) is 0 Å². The fourth-order valence-corrected chi connectivity index (χ4v) is 2.88. The summed E-state index contributed by atoms with van der Waals surface area (Å²) < 4.78 is 16.0. The molecule has 0 fully saturated rings. The predicted molar refractivity (Wildman–Crippen MR) is 108 cm³/mol. The van der Waals surface area contributed by atoms with E-state index in [1.165, 1.54) is 13.2 Å². The fourth-order valence-electron chi connectivity index (χ4n) is 2.65. The zero-order valence-corrected chi connectivity index (χ0v) is 15.8. The van der Waals surface area contributed by atoms with Crippen LogP contribution in [0.3, 0.4) is 0 Å². The number of carbonyl (C=O) groups excluding carboxylic acids is 1. The molecule has 28 heavy (non-hydrogen) atoms. The van der Waals surface area contributed by atoms with Crippen molar-refractivity contribution in [3.63, 3.8) is 0 Å². The first-order chi connectivity index (χ1) is 13.6. The zero-order chi connectivity index (χ0) is 19.9. The van der Waals surface area contributed by atoms with Gasteiger partial charge in [-0.05, 0) is 35.9 Å². The number of hydrogen-bond donors (Lipinski definition) is 0. The summed E-state index contributed by atoms with van der Waals surface area (Å²) in [5, 5.41) is 10.8. The van der Waals surface area contributed by atoms with Crippen LogP contribution in [0, 0.1) is 11.3 Å².